The maximum Gasteiger partial charge on any atom is 0.337 e. The van der Waals surface area contributed by atoms with Crippen molar-refractivity contribution in [3.8, 4) is 0 Å². The summed E-state index contributed by atoms with van der Waals surface area (Å²) >= 11 is 1.60. The largest absolute Gasteiger partial charge is 0.465 e. The van der Waals surface area contributed by atoms with Crippen LogP contribution in [0.5, 0.6) is 0 Å². The Hall–Kier alpha value is -2.77. The van der Waals surface area contributed by atoms with Crippen LogP contribution in [0.15, 0.2) is 42.5 Å². The lowest BCUT2D eigenvalue weighted by Gasteiger charge is -2.13. The van der Waals surface area contributed by atoms with E-state index in [0.29, 0.717) is 16.8 Å². The fourth-order valence-corrected chi connectivity index (χ4v) is 3.28. The van der Waals surface area contributed by atoms with E-state index < -0.39 is 12.0 Å². The van der Waals surface area contributed by atoms with Crippen LogP contribution >= 0.6 is 11.3 Å². The number of rotatable bonds is 4. The number of nitrogens with zero attached hydrogens (tertiary/aromatic N) is 1. The van der Waals surface area contributed by atoms with Gasteiger partial charge in [-0.25, -0.2) is 9.78 Å². The molecule has 3 N–H and O–H groups in total. The maximum absolute atomic E-state index is 12.4. The summed E-state index contributed by atoms with van der Waals surface area (Å²) in [4.78, 5) is 28.4. The molecule has 1 heterocycles. The Morgan fingerprint density at radius 1 is 1.24 bits per heavy atom. The zero-order chi connectivity index (χ0) is 18.0. The molecule has 6 nitrogen and oxygen atoms in total. The molecule has 0 saturated heterocycles. The third-order valence-electron chi connectivity index (χ3n) is 3.71. The quantitative estimate of drug-likeness (QED) is 0.702. The Kier molecular flexibility index (Phi) is 4.78. The first-order valence-corrected chi connectivity index (χ1v) is 8.41. The molecule has 1 aromatic heterocycles. The van der Waals surface area contributed by atoms with Crippen molar-refractivity contribution in [2.24, 2.45) is 5.73 Å². The number of benzene rings is 2. The summed E-state index contributed by atoms with van der Waals surface area (Å²) in [5.74, 6) is -0.841. The van der Waals surface area contributed by atoms with Gasteiger partial charge in [0.1, 0.15) is 6.04 Å². The molecule has 0 aliphatic rings. The van der Waals surface area contributed by atoms with Gasteiger partial charge in [0.15, 0.2) is 0 Å². The smallest absolute Gasteiger partial charge is 0.337 e. The summed E-state index contributed by atoms with van der Waals surface area (Å²) in [6.07, 6.45) is 0. The molecule has 0 bridgehead atoms. The van der Waals surface area contributed by atoms with Gasteiger partial charge in [-0.3, -0.25) is 4.79 Å². The van der Waals surface area contributed by atoms with Crippen LogP contribution in [0.25, 0.3) is 10.2 Å². The maximum atomic E-state index is 12.4. The number of aromatic nitrogens is 1. The minimum absolute atomic E-state index is 0.350. The first-order valence-electron chi connectivity index (χ1n) is 7.60. The molecule has 128 valence electrons. The van der Waals surface area contributed by atoms with Gasteiger partial charge in [-0.1, -0.05) is 12.1 Å². The summed E-state index contributed by atoms with van der Waals surface area (Å²) in [5, 5.41) is 3.76. The number of carbonyl (C=O) groups is 2. The summed E-state index contributed by atoms with van der Waals surface area (Å²) in [7, 11) is 1.30. The van der Waals surface area contributed by atoms with Gasteiger partial charge >= 0.3 is 5.97 Å². The predicted molar refractivity (Wildman–Crippen MR) is 97.7 cm³/mol. The zero-order valence-electron chi connectivity index (χ0n) is 13.8. The van der Waals surface area contributed by atoms with Crippen LogP contribution in [0, 0.1) is 6.92 Å². The summed E-state index contributed by atoms with van der Waals surface area (Å²) in [6, 6.07) is 11.2. The van der Waals surface area contributed by atoms with Crippen LogP contribution < -0.4 is 11.1 Å². The molecule has 1 atom stereocenters. The van der Waals surface area contributed by atoms with Crippen molar-refractivity contribution in [1.82, 2.24) is 4.98 Å². The van der Waals surface area contributed by atoms with E-state index in [4.69, 9.17) is 5.73 Å². The molecule has 3 aromatic rings. The molecule has 0 radical (unpaired) electrons. The Balaban J connectivity index is 1.78. The van der Waals surface area contributed by atoms with Crippen LogP contribution in [-0.4, -0.2) is 24.0 Å². The normalized spacial score (nSPS) is 12.0. The van der Waals surface area contributed by atoms with Crippen molar-refractivity contribution >= 4 is 39.1 Å². The number of nitrogens with one attached hydrogen (secondary N) is 1. The number of ether oxygens (including phenoxy) is 1. The molecule has 25 heavy (non-hydrogen) atoms. The molecule has 3 rings (SSSR count). The number of carbonyl (C=O) groups excluding carboxylic acids is 2. The van der Waals surface area contributed by atoms with E-state index in [2.05, 4.69) is 15.0 Å². The highest BCUT2D eigenvalue weighted by atomic mass is 32.1. The highest BCUT2D eigenvalue weighted by molar-refractivity contribution is 7.18. The van der Waals surface area contributed by atoms with Crippen LogP contribution in [0.2, 0.25) is 0 Å². The van der Waals surface area contributed by atoms with Crippen LogP contribution in [0.4, 0.5) is 5.69 Å². The molecular formula is C18H17N3O3S. The lowest BCUT2D eigenvalue weighted by atomic mass is 10.0. The van der Waals surface area contributed by atoms with E-state index in [9.17, 15) is 9.59 Å². The van der Waals surface area contributed by atoms with E-state index in [1.165, 1.54) is 7.11 Å². The number of hydrogen-bond donors (Lipinski definition) is 2. The number of hydrogen-bond acceptors (Lipinski definition) is 6. The average Bonchev–Trinajstić information content (AvgIpc) is 2.99. The summed E-state index contributed by atoms with van der Waals surface area (Å²) in [6.45, 7) is 1.94. The minimum Gasteiger partial charge on any atom is -0.465 e. The number of methoxy groups -OCH3 is 1. The second-order valence-corrected chi connectivity index (χ2v) is 6.73. The summed E-state index contributed by atoms with van der Waals surface area (Å²) in [5.41, 5.74) is 8.38. The number of anilines is 1. The zero-order valence-corrected chi connectivity index (χ0v) is 14.6. The molecule has 1 amide bonds. The van der Waals surface area contributed by atoms with E-state index in [-0.39, 0.29) is 5.91 Å². The van der Waals surface area contributed by atoms with Crippen molar-refractivity contribution < 1.29 is 14.3 Å². The van der Waals surface area contributed by atoms with E-state index in [1.54, 1.807) is 35.6 Å². The van der Waals surface area contributed by atoms with Gasteiger partial charge < -0.3 is 15.8 Å². The summed E-state index contributed by atoms with van der Waals surface area (Å²) < 4.78 is 5.74. The van der Waals surface area contributed by atoms with Gasteiger partial charge in [-0.2, -0.15) is 0 Å². The first kappa shape index (κ1) is 17.1. The number of aryl methyl sites for hydroxylation is 1. The average molecular weight is 355 g/mol. The van der Waals surface area contributed by atoms with Crippen LogP contribution in [0.1, 0.15) is 27.0 Å². The fourth-order valence-electron chi connectivity index (χ4n) is 2.47. The number of nitrogens with two attached hydrogens (primary N) is 1. The second-order valence-electron chi connectivity index (χ2n) is 5.50. The predicted octanol–water partition coefficient (Wildman–Crippen LogP) is 3.03. The number of amides is 1. The lowest BCUT2D eigenvalue weighted by Crippen LogP contribution is -2.27. The Bertz CT molecular complexity index is 952. The highest BCUT2D eigenvalue weighted by Crippen LogP contribution is 2.25. The second kappa shape index (κ2) is 7.00. The number of esters is 1. The van der Waals surface area contributed by atoms with Crippen molar-refractivity contribution in [3.05, 3.63) is 58.6 Å². The highest BCUT2D eigenvalue weighted by Gasteiger charge is 2.18. The monoisotopic (exact) mass is 355 g/mol. The third kappa shape index (κ3) is 3.67. The van der Waals surface area contributed by atoms with Crippen molar-refractivity contribution in [3.63, 3.8) is 0 Å². The van der Waals surface area contributed by atoms with Crippen LogP contribution in [0.3, 0.4) is 0 Å². The van der Waals surface area contributed by atoms with Gasteiger partial charge in [-0.15, -0.1) is 11.3 Å². The number of fused-ring (bicyclic) bond motifs is 1. The van der Waals surface area contributed by atoms with Gasteiger partial charge in [0.25, 0.3) is 0 Å². The standard InChI is InChI=1S/C18H17N3O3S/c1-10-20-14-9-13(6-7-15(14)25-10)21-17(22)16(19)11-4-3-5-12(8-11)18(23)24-2/h3-9,16H,19H2,1-2H3,(H,21,22). The Morgan fingerprint density at radius 3 is 2.80 bits per heavy atom. The SMILES string of the molecule is COC(=O)c1cccc(C(N)C(=O)Nc2ccc3sc(C)nc3c2)c1. The Labute approximate surface area is 148 Å². The molecule has 1 unspecified atom stereocenters. The number of thiazole rings is 1. The van der Waals surface area contributed by atoms with Crippen molar-refractivity contribution in [2.75, 3.05) is 12.4 Å². The molecule has 7 heteroatoms. The van der Waals surface area contributed by atoms with Gasteiger partial charge in [0.05, 0.1) is 27.9 Å². The molecule has 2 aromatic carbocycles. The van der Waals surface area contributed by atoms with Crippen molar-refractivity contribution in [2.45, 2.75) is 13.0 Å². The molecule has 0 saturated carbocycles. The Morgan fingerprint density at radius 2 is 2.04 bits per heavy atom. The van der Waals surface area contributed by atoms with E-state index >= 15 is 0 Å². The van der Waals surface area contributed by atoms with Crippen molar-refractivity contribution in [1.29, 1.82) is 0 Å². The molecule has 0 aliphatic carbocycles. The minimum atomic E-state index is -0.905. The fraction of sp³-hybridized carbons (Fsp3) is 0.167. The van der Waals surface area contributed by atoms with Gasteiger partial charge in [-0.05, 0) is 42.8 Å². The lowest BCUT2D eigenvalue weighted by molar-refractivity contribution is -0.117. The molecule has 0 spiro atoms. The van der Waals surface area contributed by atoms with Gasteiger partial charge in [0, 0.05) is 5.69 Å². The topological polar surface area (TPSA) is 94.3 Å². The first-order chi connectivity index (χ1) is 12.0. The van der Waals surface area contributed by atoms with E-state index in [1.807, 2.05) is 25.1 Å². The van der Waals surface area contributed by atoms with E-state index in [0.717, 1.165) is 15.2 Å². The van der Waals surface area contributed by atoms with Gasteiger partial charge in [0.2, 0.25) is 5.91 Å². The third-order valence-corrected chi connectivity index (χ3v) is 4.66. The molecular weight excluding hydrogens is 338 g/mol. The molecule has 0 aliphatic heterocycles. The van der Waals surface area contributed by atoms with Crippen LogP contribution in [-0.2, 0) is 9.53 Å². The molecule has 0 fully saturated rings.